The van der Waals surface area contributed by atoms with Crippen LogP contribution in [0.1, 0.15) is 0 Å². The molecule has 2 aromatic carbocycles. The lowest BCUT2D eigenvalue weighted by Gasteiger charge is -2.08. The highest BCUT2D eigenvalue weighted by atomic mass is 16.5. The molecule has 0 unspecified atom stereocenters. The number of nitrogens with one attached hydrogen (secondary N) is 1. The molecule has 4 rings (SSSR count). The fourth-order valence-electron chi connectivity index (χ4n) is 2.58. The van der Waals surface area contributed by atoms with Crippen LogP contribution in [-0.4, -0.2) is 28.2 Å². The lowest BCUT2D eigenvalue weighted by atomic mass is 10.1. The third-order valence-electron chi connectivity index (χ3n) is 3.77. The van der Waals surface area contributed by atoms with Crippen LogP contribution in [0, 0.1) is 0 Å². The van der Waals surface area contributed by atoms with E-state index in [0.717, 1.165) is 16.5 Å². The Morgan fingerprint density at radius 3 is 2.68 bits per heavy atom. The molecule has 0 atom stereocenters. The van der Waals surface area contributed by atoms with Crippen LogP contribution in [0.25, 0.3) is 21.8 Å². The number of hydrogen-bond acceptors (Lipinski definition) is 5. The maximum atomic E-state index is 11.9. The van der Waals surface area contributed by atoms with Gasteiger partial charge in [0.2, 0.25) is 0 Å². The van der Waals surface area contributed by atoms with Crippen LogP contribution >= 0.6 is 0 Å². The normalized spacial score (nSPS) is 10.9. The molecule has 124 valence electrons. The molecule has 0 amide bonds. The van der Waals surface area contributed by atoms with Crippen molar-refractivity contribution >= 4 is 21.8 Å². The van der Waals surface area contributed by atoms with Gasteiger partial charge in [-0.2, -0.15) is 4.98 Å². The summed E-state index contributed by atoms with van der Waals surface area (Å²) in [5.74, 6) is 0.768. The van der Waals surface area contributed by atoms with E-state index >= 15 is 0 Å². The number of pyridine rings is 1. The Labute approximate surface area is 143 Å². The Hall–Kier alpha value is -3.41. The summed E-state index contributed by atoms with van der Waals surface area (Å²) >= 11 is 0. The van der Waals surface area contributed by atoms with Crippen LogP contribution in [0.5, 0.6) is 11.8 Å². The molecule has 4 aromatic rings. The van der Waals surface area contributed by atoms with Gasteiger partial charge >= 0.3 is 0 Å². The summed E-state index contributed by atoms with van der Waals surface area (Å²) in [6.45, 7) is 0.594. The minimum Gasteiger partial charge on any atom is -0.490 e. The van der Waals surface area contributed by atoms with Crippen LogP contribution in [0.2, 0.25) is 0 Å². The number of aromatic amines is 1. The smallest absolute Gasteiger partial charge is 0.298 e. The highest BCUT2D eigenvalue weighted by molar-refractivity contribution is 5.83. The van der Waals surface area contributed by atoms with Gasteiger partial charge < -0.3 is 9.47 Å². The number of ether oxygens (including phenoxy) is 2. The van der Waals surface area contributed by atoms with Crippen molar-refractivity contribution in [1.82, 2.24) is 15.0 Å². The van der Waals surface area contributed by atoms with Crippen molar-refractivity contribution in [2.75, 3.05) is 13.2 Å². The highest BCUT2D eigenvalue weighted by Crippen LogP contribution is 2.20. The Bertz CT molecular complexity index is 1090. The first-order chi connectivity index (χ1) is 12.3. The molecule has 2 aromatic heterocycles. The largest absolute Gasteiger partial charge is 0.490 e. The zero-order valence-electron chi connectivity index (χ0n) is 13.3. The number of rotatable bonds is 5. The van der Waals surface area contributed by atoms with Crippen molar-refractivity contribution in [2.45, 2.75) is 0 Å². The second-order valence-electron chi connectivity index (χ2n) is 5.45. The molecule has 0 fully saturated rings. The van der Waals surface area contributed by atoms with Crippen molar-refractivity contribution in [3.63, 3.8) is 0 Å². The Balaban J connectivity index is 1.39. The number of hydrogen-bond donors (Lipinski definition) is 1. The van der Waals surface area contributed by atoms with Crippen LogP contribution < -0.4 is 15.0 Å². The molecule has 0 radical (unpaired) electrons. The average molecular weight is 333 g/mol. The van der Waals surface area contributed by atoms with Gasteiger partial charge in [-0.1, -0.05) is 30.3 Å². The minimum atomic E-state index is -0.274. The molecule has 25 heavy (non-hydrogen) atoms. The van der Waals surface area contributed by atoms with Crippen molar-refractivity contribution in [3.8, 4) is 11.8 Å². The van der Waals surface area contributed by atoms with E-state index in [-0.39, 0.29) is 18.2 Å². The summed E-state index contributed by atoms with van der Waals surface area (Å²) in [4.78, 5) is 22.8. The fourth-order valence-corrected chi connectivity index (χ4v) is 2.58. The predicted molar refractivity (Wildman–Crippen MR) is 95.1 cm³/mol. The fraction of sp³-hybridized carbons (Fsp3) is 0.105. The van der Waals surface area contributed by atoms with Gasteiger partial charge in [-0.3, -0.25) is 9.78 Å². The van der Waals surface area contributed by atoms with Gasteiger partial charge in [0.25, 0.3) is 11.6 Å². The zero-order chi connectivity index (χ0) is 17.1. The molecular weight excluding hydrogens is 318 g/mol. The monoisotopic (exact) mass is 333 g/mol. The van der Waals surface area contributed by atoms with Crippen molar-refractivity contribution in [1.29, 1.82) is 0 Å². The van der Waals surface area contributed by atoms with Gasteiger partial charge in [0.15, 0.2) is 5.65 Å². The molecule has 0 aliphatic heterocycles. The molecule has 0 aliphatic rings. The van der Waals surface area contributed by atoms with E-state index in [2.05, 4.69) is 21.0 Å². The van der Waals surface area contributed by atoms with E-state index < -0.39 is 0 Å². The highest BCUT2D eigenvalue weighted by Gasteiger charge is 2.05. The summed E-state index contributed by atoms with van der Waals surface area (Å²) in [6, 6.07) is 17.5. The lowest BCUT2D eigenvalue weighted by molar-refractivity contribution is 0.206. The van der Waals surface area contributed by atoms with Gasteiger partial charge in [0.1, 0.15) is 19.0 Å². The Morgan fingerprint density at radius 2 is 1.76 bits per heavy atom. The molecule has 0 bridgehead atoms. The van der Waals surface area contributed by atoms with E-state index in [1.807, 2.05) is 36.4 Å². The Kier molecular flexibility index (Phi) is 4.00. The molecular formula is C19H15N3O3. The maximum Gasteiger partial charge on any atom is 0.298 e. The summed E-state index contributed by atoms with van der Waals surface area (Å²) in [5, 5.41) is 2.71. The molecule has 0 aliphatic carbocycles. The van der Waals surface area contributed by atoms with Gasteiger partial charge in [-0.25, -0.2) is 4.98 Å². The number of H-pyrrole nitrogens is 1. The minimum absolute atomic E-state index is 0.137. The molecule has 0 spiro atoms. The van der Waals surface area contributed by atoms with Gasteiger partial charge in [0.05, 0.1) is 5.39 Å². The molecule has 2 heterocycles. The first-order valence-electron chi connectivity index (χ1n) is 7.89. The van der Waals surface area contributed by atoms with Crippen LogP contribution in [0.4, 0.5) is 0 Å². The Morgan fingerprint density at radius 1 is 0.920 bits per heavy atom. The molecule has 0 saturated heterocycles. The van der Waals surface area contributed by atoms with Gasteiger partial charge in [-0.05, 0) is 35.0 Å². The van der Waals surface area contributed by atoms with Crippen LogP contribution in [0.15, 0.2) is 65.6 Å². The summed E-state index contributed by atoms with van der Waals surface area (Å²) < 4.78 is 11.2. The number of fused-ring (bicyclic) bond motifs is 2. The molecule has 6 heteroatoms. The second-order valence-corrected chi connectivity index (χ2v) is 5.45. The summed E-state index contributed by atoms with van der Waals surface area (Å²) in [5.41, 5.74) is 0.0836. The number of benzene rings is 2. The SMILES string of the molecule is O=c1[nH]c(OCCOc2ccc3ccccc3c2)nc2ncccc12. The van der Waals surface area contributed by atoms with Crippen LogP contribution in [0.3, 0.4) is 0 Å². The van der Waals surface area contributed by atoms with E-state index in [1.165, 1.54) is 0 Å². The summed E-state index contributed by atoms with van der Waals surface area (Å²) in [6.07, 6.45) is 1.58. The predicted octanol–water partition coefficient (Wildman–Crippen LogP) is 2.93. The zero-order valence-corrected chi connectivity index (χ0v) is 13.3. The van der Waals surface area contributed by atoms with Crippen molar-refractivity contribution in [2.24, 2.45) is 0 Å². The second kappa shape index (κ2) is 6.60. The number of aromatic nitrogens is 3. The van der Waals surface area contributed by atoms with Crippen molar-refractivity contribution < 1.29 is 9.47 Å². The van der Waals surface area contributed by atoms with Crippen molar-refractivity contribution in [3.05, 3.63) is 71.1 Å². The topological polar surface area (TPSA) is 77.1 Å². The van der Waals surface area contributed by atoms with Gasteiger partial charge in [0, 0.05) is 6.20 Å². The maximum absolute atomic E-state index is 11.9. The van der Waals surface area contributed by atoms with Crippen LogP contribution in [-0.2, 0) is 0 Å². The first-order valence-corrected chi connectivity index (χ1v) is 7.89. The lowest BCUT2D eigenvalue weighted by Crippen LogP contribution is -2.15. The number of nitrogens with zero attached hydrogens (tertiary/aromatic N) is 2. The van der Waals surface area contributed by atoms with Gasteiger partial charge in [-0.15, -0.1) is 0 Å². The van der Waals surface area contributed by atoms with E-state index in [0.29, 0.717) is 17.6 Å². The quantitative estimate of drug-likeness (QED) is 0.568. The molecule has 1 N–H and O–H groups in total. The van der Waals surface area contributed by atoms with E-state index in [1.54, 1.807) is 18.3 Å². The van der Waals surface area contributed by atoms with E-state index in [4.69, 9.17) is 9.47 Å². The molecule has 0 saturated carbocycles. The first kappa shape index (κ1) is 15.1. The third kappa shape index (κ3) is 3.28. The average Bonchev–Trinajstić information content (AvgIpc) is 2.65. The van der Waals surface area contributed by atoms with E-state index in [9.17, 15) is 4.79 Å². The molecule has 6 nitrogen and oxygen atoms in total. The summed E-state index contributed by atoms with van der Waals surface area (Å²) in [7, 11) is 0. The third-order valence-corrected chi connectivity index (χ3v) is 3.77. The standard InChI is InChI=1S/C19H15N3O3/c23-18-16-6-3-9-20-17(16)21-19(22-18)25-11-10-24-15-8-7-13-4-1-2-5-14(13)12-15/h1-9,12H,10-11H2,(H,20,21,22,23).